The van der Waals surface area contributed by atoms with Crippen LogP contribution >= 0.6 is 0 Å². The van der Waals surface area contributed by atoms with Crippen LogP contribution < -0.4 is 76.9 Å². The fourth-order valence-corrected chi connectivity index (χ4v) is 9.59. The maximum Gasteiger partial charge on any atom is 0.408 e. The minimum atomic E-state index is -1.13. The summed E-state index contributed by atoms with van der Waals surface area (Å²) in [5.74, 6) is -6.05. The van der Waals surface area contributed by atoms with E-state index in [2.05, 4.69) is 42.5 Å². The van der Waals surface area contributed by atoms with Crippen LogP contribution in [0.5, 0.6) is 0 Å². The smallest absolute Gasteiger partial charge is 0.408 e. The third-order valence-electron chi connectivity index (χ3n) is 15.4. The van der Waals surface area contributed by atoms with E-state index >= 15 is 0 Å². The molecule has 0 saturated carbocycles. The number of primary amides is 3. The molecule has 0 bridgehead atoms. The number of ether oxygens (including phenoxy) is 6. The van der Waals surface area contributed by atoms with E-state index in [0.29, 0.717) is 103 Å². The number of nitrogens with zero attached hydrogens (tertiary/aromatic N) is 2. The summed E-state index contributed by atoms with van der Waals surface area (Å²) in [6, 6.07) is 14.7. The van der Waals surface area contributed by atoms with E-state index in [1.54, 1.807) is 83.1 Å². The third kappa shape index (κ3) is 56.2. The number of nitrogens with one attached hydrogen (secondary N) is 8. The quantitative estimate of drug-likeness (QED) is 0.0256. The number of carboxylic acid groups (broad SMARTS) is 1. The average molecular weight is 1680 g/mol. The minimum Gasteiger partial charge on any atom is -0.480 e. The highest BCUT2D eigenvalue weighted by atomic mass is 16.6. The Labute approximate surface area is 694 Å². The molecule has 5 atom stereocenters. The van der Waals surface area contributed by atoms with Gasteiger partial charge in [0.25, 0.3) is 23.6 Å². The Morgan fingerprint density at radius 2 is 0.647 bits per heavy atom. The van der Waals surface area contributed by atoms with Gasteiger partial charge in [0.05, 0.1) is 12.6 Å². The lowest BCUT2D eigenvalue weighted by Crippen LogP contribution is -2.46. The summed E-state index contributed by atoms with van der Waals surface area (Å²) in [6.45, 7) is 22.3. The molecule has 0 radical (unpaired) electrons. The molecule has 119 heavy (non-hydrogen) atoms. The molecule has 2 aromatic carbocycles. The first-order valence-electron chi connectivity index (χ1n) is 38.8. The number of unbranched alkanes of at least 4 members (excludes halogenated alkanes) is 5. The van der Waals surface area contributed by atoms with Crippen molar-refractivity contribution < 1.29 is 115 Å². The van der Waals surface area contributed by atoms with Crippen molar-refractivity contribution in [2.45, 2.75) is 245 Å². The van der Waals surface area contributed by atoms with E-state index in [-0.39, 0.29) is 51.5 Å². The van der Waals surface area contributed by atoms with Gasteiger partial charge in [-0.05, 0) is 197 Å². The van der Waals surface area contributed by atoms with Crippen molar-refractivity contribution in [3.63, 3.8) is 0 Å². The molecule has 666 valence electrons. The Morgan fingerprint density at radius 1 is 0.378 bits per heavy atom. The van der Waals surface area contributed by atoms with E-state index < -0.39 is 148 Å². The van der Waals surface area contributed by atoms with E-state index in [1.807, 2.05) is 60.7 Å². The fourth-order valence-electron chi connectivity index (χ4n) is 9.59. The van der Waals surface area contributed by atoms with Crippen molar-refractivity contribution in [3.8, 4) is 0 Å². The monoisotopic (exact) mass is 1680 g/mol. The zero-order valence-corrected chi connectivity index (χ0v) is 70.3. The second-order valence-corrected chi connectivity index (χ2v) is 30.8. The topological polar surface area (TPSA) is 625 Å². The largest absolute Gasteiger partial charge is 0.480 e. The van der Waals surface area contributed by atoms with Crippen LogP contribution in [0.25, 0.3) is 0 Å². The molecule has 0 unspecified atom stereocenters. The fraction of sp³-hybridized carbons (Fsp3) is 0.582. The van der Waals surface area contributed by atoms with Gasteiger partial charge in [-0.25, -0.2) is 33.6 Å². The number of rotatable bonds is 42. The number of amides is 15. The first kappa shape index (κ1) is 107. The molecule has 21 N–H and O–H groups in total. The van der Waals surface area contributed by atoms with E-state index in [0.717, 1.165) is 58.1 Å². The predicted molar refractivity (Wildman–Crippen MR) is 435 cm³/mol. The molecule has 0 fully saturated rings. The summed E-state index contributed by atoms with van der Waals surface area (Å²) >= 11 is 0. The molecule has 2 aliphatic heterocycles. The lowest BCUT2D eigenvalue weighted by molar-refractivity contribution is -0.141. The zero-order valence-electron chi connectivity index (χ0n) is 70.3. The molecule has 40 nitrogen and oxygen atoms in total. The third-order valence-corrected chi connectivity index (χ3v) is 15.4. The average Bonchev–Trinajstić information content (AvgIpc) is 1.71. The molecule has 2 heterocycles. The normalized spacial score (nSPS) is 13.4. The number of nitrogens with two attached hydrogens (primary N) is 6. The molecule has 2 aliphatic rings. The maximum absolute atomic E-state index is 11.7. The van der Waals surface area contributed by atoms with Gasteiger partial charge in [0.15, 0.2) is 5.78 Å². The summed E-state index contributed by atoms with van der Waals surface area (Å²) < 4.78 is 30.5. The van der Waals surface area contributed by atoms with Crippen molar-refractivity contribution in [1.82, 2.24) is 52.3 Å². The first-order chi connectivity index (χ1) is 55.5. The van der Waals surface area contributed by atoms with Crippen molar-refractivity contribution in [2.24, 2.45) is 34.4 Å². The van der Waals surface area contributed by atoms with Crippen LogP contribution in [0.15, 0.2) is 85.0 Å². The Kier molecular flexibility index (Phi) is 51.6. The lowest BCUT2D eigenvalue weighted by Gasteiger charge is -2.22. The van der Waals surface area contributed by atoms with Gasteiger partial charge in [0, 0.05) is 50.5 Å². The van der Waals surface area contributed by atoms with Gasteiger partial charge in [0.2, 0.25) is 29.5 Å². The summed E-state index contributed by atoms with van der Waals surface area (Å²) in [6.07, 6.45) is 8.64. The number of hydrogen-bond donors (Lipinski definition) is 15. The summed E-state index contributed by atoms with van der Waals surface area (Å²) in [4.78, 5) is 196. The van der Waals surface area contributed by atoms with E-state index in [1.165, 1.54) is 0 Å². The number of hydrogen-bond acceptors (Lipinski definition) is 26. The van der Waals surface area contributed by atoms with Gasteiger partial charge >= 0.3 is 42.5 Å². The van der Waals surface area contributed by atoms with Crippen molar-refractivity contribution >= 4 is 101 Å². The zero-order chi connectivity index (χ0) is 90.5. The number of benzene rings is 2. The van der Waals surface area contributed by atoms with Crippen LogP contribution in [-0.2, 0) is 94.4 Å². The number of carbonyl (C=O) groups excluding carboxylic acids is 16. The highest BCUT2D eigenvalue weighted by Crippen LogP contribution is 2.14. The molecule has 2 aromatic rings. The van der Waals surface area contributed by atoms with Crippen LogP contribution in [0.1, 0.15) is 191 Å². The second kappa shape index (κ2) is 57.3. The number of aliphatic carboxylic acids is 1. The van der Waals surface area contributed by atoms with Gasteiger partial charge in [-0.1, -0.05) is 60.7 Å². The molecular formula is C79H126N16O24. The SMILES string of the molecule is CC(C)(C)OC(=O)N[C@@H](CCCCN)C(N)=O.CC(C)(C)OC(=O)N[C@@H](CCCCNC(=O)CN1C(=O)C=CC1=O)C(N)=O.CC(C)(C)OC(=O)N[C@@H](CCCCNC(=O)OCc1ccccc1)C(=O)O.CC(C)(C)OC(=O)N[C@@H](CCCCNC(=O)OCc1ccccc1)C(N)=O.NCC(=O)[C@@H](N)CCCCNC(=O)CN1C(=O)C=CC1=O. The van der Waals surface area contributed by atoms with E-state index in [4.69, 9.17) is 62.8 Å². The van der Waals surface area contributed by atoms with Gasteiger partial charge in [-0.2, -0.15) is 0 Å². The Morgan fingerprint density at radius 3 is 0.916 bits per heavy atom. The van der Waals surface area contributed by atoms with Crippen molar-refractivity contribution in [3.05, 3.63) is 96.1 Å². The lowest BCUT2D eigenvalue weighted by atomic mass is 10.1. The summed E-state index contributed by atoms with van der Waals surface area (Å²) in [5, 5.41) is 29.3. The second-order valence-electron chi connectivity index (χ2n) is 30.8. The molecule has 0 spiro atoms. The molecule has 0 aliphatic carbocycles. The minimum absolute atomic E-state index is 0.0656. The molecule has 40 heteroatoms. The number of carboxylic acids is 1. The number of carbonyl (C=O) groups is 17. The Bertz CT molecular complexity index is 3510. The van der Waals surface area contributed by atoms with Crippen LogP contribution in [0.4, 0.5) is 28.8 Å². The highest BCUT2D eigenvalue weighted by molar-refractivity contribution is 6.15. The van der Waals surface area contributed by atoms with Gasteiger partial charge in [-0.3, -0.25) is 57.7 Å². The molecular weight excluding hydrogens is 1560 g/mol. The van der Waals surface area contributed by atoms with Gasteiger partial charge in [0.1, 0.15) is 72.9 Å². The van der Waals surface area contributed by atoms with Crippen LogP contribution in [0.3, 0.4) is 0 Å². The molecule has 15 amide bonds. The number of Topliss-reactive ketones (excluding diaryl/α,β-unsaturated/α-hetero) is 1. The molecule has 0 saturated heterocycles. The summed E-state index contributed by atoms with van der Waals surface area (Å²) in [5.41, 5.74) is 31.1. The molecule has 0 aromatic heterocycles. The van der Waals surface area contributed by atoms with Gasteiger partial charge in [-0.15, -0.1) is 0 Å². The predicted octanol–water partition coefficient (Wildman–Crippen LogP) is 3.65. The Balaban J connectivity index is 0.00000148. The van der Waals surface area contributed by atoms with E-state index in [9.17, 15) is 86.6 Å². The molecule has 4 rings (SSSR count). The maximum atomic E-state index is 11.7. The number of ketones is 1. The van der Waals surface area contributed by atoms with Crippen molar-refractivity contribution in [2.75, 3.05) is 52.4 Å². The first-order valence-corrected chi connectivity index (χ1v) is 38.8. The van der Waals surface area contributed by atoms with Crippen molar-refractivity contribution in [1.29, 1.82) is 0 Å². The van der Waals surface area contributed by atoms with Crippen LogP contribution in [0, 0.1) is 0 Å². The summed E-state index contributed by atoms with van der Waals surface area (Å²) in [7, 11) is 0. The standard InChI is InChI=1S/C19H29N3O5.C19H28N2O6.C17H26N4O6.C13H20N4O4.C11H23N3O3/c1-19(2,3)27-18(25)22-15(16(20)23)11-7-8-12-21-17(24)26-13-14-9-5-4-6-10-14;1-19(2,3)27-18(25)21-15(16(22)23)11-7-8-12-20-17(24)26-13-14-9-5-4-6-10-14;1-17(2,3)27-16(26)20-11(15(18)25)6-4-5-9-19-12(22)10-21-13(23)7-8-14(21)24;14-7-10(18)9(15)3-1-2-6-16-11(19)8-17-12(20)4-5-13(17)21;1-11(2,3)17-10(16)14-8(9(13)15)6-4-5-7-12/h4-6,9-10,15H,7-8,11-13H2,1-3H3,(H2,20,23)(H,21,24)(H,22,25);4-6,9-10,15H,7-8,11-13H2,1-3H3,(H,20,24)(H,21,25)(H,22,23);7-8,11H,4-6,9-10H2,1-3H3,(H2,18,25)(H,19,22)(H,20,26);4-5,9H,1-3,6-8,14-15H2,(H,16,19);8H,4-7,12H2,1-3H3,(H2,13,15)(H,14,16)/t2*15-;11-;9-;8-/m00000/s1. The Hall–Kier alpha value is -11.8. The number of alkyl carbamates (subject to hydrolysis) is 6. The van der Waals surface area contributed by atoms with Gasteiger partial charge < -0.3 is 110 Å². The highest BCUT2D eigenvalue weighted by Gasteiger charge is 2.30. The van der Waals surface area contributed by atoms with Crippen LogP contribution in [0.2, 0.25) is 0 Å². The number of imide groups is 2. The van der Waals surface area contributed by atoms with Crippen LogP contribution in [-0.4, -0.2) is 221 Å².